The van der Waals surface area contributed by atoms with Gasteiger partial charge in [0, 0.05) is 12.7 Å². The first kappa shape index (κ1) is 14.5. The Morgan fingerprint density at radius 3 is 2.53 bits per heavy atom. The molecular formula is C10H19N3O2S2. The van der Waals surface area contributed by atoms with Gasteiger partial charge in [0.15, 0.2) is 9.84 Å². The number of sulfone groups is 1. The fourth-order valence-electron chi connectivity index (χ4n) is 1.17. The molecule has 7 heteroatoms. The first-order valence-corrected chi connectivity index (χ1v) is 8.17. The topological polar surface area (TPSA) is 72.0 Å². The summed E-state index contributed by atoms with van der Waals surface area (Å²) < 4.78 is 22.4. The zero-order valence-corrected chi connectivity index (χ0v) is 12.3. The minimum atomic E-state index is -3.17. The van der Waals surface area contributed by atoms with Crippen molar-refractivity contribution in [3.63, 3.8) is 0 Å². The average molecular weight is 277 g/mol. The van der Waals surface area contributed by atoms with E-state index in [1.807, 2.05) is 7.05 Å². The van der Waals surface area contributed by atoms with Crippen LogP contribution in [0.1, 0.15) is 30.3 Å². The van der Waals surface area contributed by atoms with Gasteiger partial charge in [0.2, 0.25) is 0 Å². The van der Waals surface area contributed by atoms with E-state index in [1.54, 1.807) is 13.8 Å². The van der Waals surface area contributed by atoms with Crippen LogP contribution in [0.15, 0.2) is 0 Å². The van der Waals surface area contributed by atoms with Crippen LogP contribution in [0.4, 0.5) is 0 Å². The highest BCUT2D eigenvalue weighted by Gasteiger charge is 2.35. The van der Waals surface area contributed by atoms with Gasteiger partial charge < -0.3 is 5.32 Å². The molecule has 0 bridgehead atoms. The standard InChI is InChI=1S/C10H19N3O2S2/c1-10(2,17(4,14)15)9-13-12-8(16-9)6-5-7-11-3/h11H,5-7H2,1-4H3. The van der Waals surface area contributed by atoms with E-state index in [0.717, 1.165) is 24.4 Å². The summed E-state index contributed by atoms with van der Waals surface area (Å²) in [5.74, 6) is 0. The van der Waals surface area contributed by atoms with Crippen LogP contribution in [0.5, 0.6) is 0 Å². The molecule has 0 fully saturated rings. The summed E-state index contributed by atoms with van der Waals surface area (Å²) in [6, 6.07) is 0. The highest BCUT2D eigenvalue weighted by atomic mass is 32.2. The van der Waals surface area contributed by atoms with Gasteiger partial charge in [-0.25, -0.2) is 8.42 Å². The fraction of sp³-hybridized carbons (Fsp3) is 0.800. The van der Waals surface area contributed by atoms with Crippen LogP contribution in [0.3, 0.4) is 0 Å². The molecule has 0 unspecified atom stereocenters. The third kappa shape index (κ3) is 3.46. The number of nitrogens with zero attached hydrogens (tertiary/aromatic N) is 2. The molecule has 0 aliphatic carbocycles. The lowest BCUT2D eigenvalue weighted by molar-refractivity contribution is 0.558. The molecule has 1 rings (SSSR count). The van der Waals surface area contributed by atoms with Gasteiger partial charge in [-0.3, -0.25) is 0 Å². The summed E-state index contributed by atoms with van der Waals surface area (Å²) in [6.07, 6.45) is 3.04. The zero-order valence-electron chi connectivity index (χ0n) is 10.6. The molecule has 1 aromatic heterocycles. The lowest BCUT2D eigenvalue weighted by Gasteiger charge is -2.18. The first-order valence-electron chi connectivity index (χ1n) is 5.46. The minimum absolute atomic E-state index is 0.569. The summed E-state index contributed by atoms with van der Waals surface area (Å²) in [7, 11) is -1.27. The van der Waals surface area contributed by atoms with Crippen molar-refractivity contribution in [2.45, 2.75) is 31.4 Å². The summed E-state index contributed by atoms with van der Waals surface area (Å²) in [4.78, 5) is 0. The van der Waals surface area contributed by atoms with Crippen molar-refractivity contribution in [1.82, 2.24) is 15.5 Å². The van der Waals surface area contributed by atoms with Gasteiger partial charge in [0.25, 0.3) is 0 Å². The van der Waals surface area contributed by atoms with Gasteiger partial charge in [-0.2, -0.15) is 0 Å². The van der Waals surface area contributed by atoms with E-state index in [1.165, 1.54) is 17.6 Å². The number of hydrogen-bond acceptors (Lipinski definition) is 6. The predicted molar refractivity (Wildman–Crippen MR) is 70.0 cm³/mol. The Labute approximate surface area is 107 Å². The molecule has 0 saturated carbocycles. The van der Waals surface area contributed by atoms with E-state index < -0.39 is 14.6 Å². The van der Waals surface area contributed by atoms with E-state index in [9.17, 15) is 8.42 Å². The average Bonchev–Trinajstić information content (AvgIpc) is 2.65. The van der Waals surface area contributed by atoms with Crippen molar-refractivity contribution in [3.05, 3.63) is 10.0 Å². The van der Waals surface area contributed by atoms with E-state index in [-0.39, 0.29) is 0 Å². The summed E-state index contributed by atoms with van der Waals surface area (Å²) in [5, 5.41) is 12.6. The van der Waals surface area contributed by atoms with Crippen LogP contribution < -0.4 is 5.32 Å². The Hall–Kier alpha value is -0.530. The quantitative estimate of drug-likeness (QED) is 0.784. The highest BCUT2D eigenvalue weighted by molar-refractivity contribution is 7.91. The summed E-state index contributed by atoms with van der Waals surface area (Å²) >= 11 is 1.39. The highest BCUT2D eigenvalue weighted by Crippen LogP contribution is 2.31. The van der Waals surface area contributed by atoms with Crippen molar-refractivity contribution in [3.8, 4) is 0 Å². The lowest BCUT2D eigenvalue weighted by atomic mass is 10.2. The summed E-state index contributed by atoms with van der Waals surface area (Å²) in [5.41, 5.74) is 0. The molecular weight excluding hydrogens is 258 g/mol. The third-order valence-electron chi connectivity index (χ3n) is 2.73. The Balaban J connectivity index is 2.81. The molecule has 0 aromatic carbocycles. The molecule has 5 nitrogen and oxygen atoms in total. The normalized spacial score (nSPS) is 12.9. The molecule has 0 spiro atoms. The van der Waals surface area contributed by atoms with Gasteiger partial charge in [0.1, 0.15) is 14.8 Å². The van der Waals surface area contributed by atoms with E-state index in [4.69, 9.17) is 0 Å². The zero-order chi connectivity index (χ0) is 13.1. The molecule has 0 aliphatic heterocycles. The Kier molecular flexibility index (Phi) is 4.62. The second-order valence-electron chi connectivity index (χ2n) is 4.49. The van der Waals surface area contributed by atoms with Crippen LogP contribution in [-0.4, -0.2) is 38.5 Å². The number of rotatable bonds is 6. The maximum absolute atomic E-state index is 11.7. The SMILES string of the molecule is CNCCCc1nnc(C(C)(C)S(C)(=O)=O)s1. The molecule has 0 amide bonds. The molecule has 0 aliphatic rings. The molecule has 1 aromatic rings. The Morgan fingerprint density at radius 2 is 2.00 bits per heavy atom. The van der Waals surface area contributed by atoms with Gasteiger partial charge in [-0.05, 0) is 33.9 Å². The van der Waals surface area contributed by atoms with E-state index in [0.29, 0.717) is 5.01 Å². The molecule has 0 atom stereocenters. The molecule has 1 N–H and O–H groups in total. The maximum Gasteiger partial charge on any atom is 0.159 e. The van der Waals surface area contributed by atoms with Crippen molar-refractivity contribution in [2.75, 3.05) is 19.8 Å². The van der Waals surface area contributed by atoms with E-state index >= 15 is 0 Å². The molecule has 0 radical (unpaired) electrons. The predicted octanol–water partition coefficient (Wildman–Crippen LogP) is 0.970. The smallest absolute Gasteiger partial charge is 0.159 e. The fourth-order valence-corrected chi connectivity index (χ4v) is 2.99. The van der Waals surface area contributed by atoms with Gasteiger partial charge in [-0.1, -0.05) is 11.3 Å². The van der Waals surface area contributed by atoms with Gasteiger partial charge in [0.05, 0.1) is 0 Å². The molecule has 98 valence electrons. The summed E-state index contributed by atoms with van der Waals surface area (Å²) in [6.45, 7) is 4.25. The number of aryl methyl sites for hydroxylation is 1. The van der Waals surface area contributed by atoms with Crippen molar-refractivity contribution < 1.29 is 8.42 Å². The van der Waals surface area contributed by atoms with Crippen molar-refractivity contribution >= 4 is 21.2 Å². The van der Waals surface area contributed by atoms with Crippen LogP contribution in [0.2, 0.25) is 0 Å². The van der Waals surface area contributed by atoms with Crippen LogP contribution in [-0.2, 0) is 21.0 Å². The lowest BCUT2D eigenvalue weighted by Crippen LogP contribution is -2.27. The van der Waals surface area contributed by atoms with Crippen molar-refractivity contribution in [1.29, 1.82) is 0 Å². The van der Waals surface area contributed by atoms with Crippen molar-refractivity contribution in [2.24, 2.45) is 0 Å². The third-order valence-corrected chi connectivity index (χ3v) is 6.21. The molecule has 0 saturated heterocycles. The van der Waals surface area contributed by atoms with Gasteiger partial charge in [-0.15, -0.1) is 10.2 Å². The second kappa shape index (κ2) is 5.41. The van der Waals surface area contributed by atoms with E-state index in [2.05, 4.69) is 15.5 Å². The monoisotopic (exact) mass is 277 g/mol. The Morgan fingerprint density at radius 1 is 1.35 bits per heavy atom. The Bertz CT molecular complexity index is 466. The molecule has 17 heavy (non-hydrogen) atoms. The molecule has 1 heterocycles. The van der Waals surface area contributed by atoms with Crippen LogP contribution in [0.25, 0.3) is 0 Å². The number of aromatic nitrogens is 2. The van der Waals surface area contributed by atoms with Crippen LogP contribution >= 0.6 is 11.3 Å². The van der Waals surface area contributed by atoms with Crippen LogP contribution in [0, 0.1) is 0 Å². The maximum atomic E-state index is 11.7. The second-order valence-corrected chi connectivity index (χ2v) is 8.12. The number of nitrogens with one attached hydrogen (secondary N) is 1. The minimum Gasteiger partial charge on any atom is -0.320 e. The number of hydrogen-bond donors (Lipinski definition) is 1. The largest absolute Gasteiger partial charge is 0.320 e. The van der Waals surface area contributed by atoms with Gasteiger partial charge >= 0.3 is 0 Å². The first-order chi connectivity index (χ1) is 7.79.